The van der Waals surface area contributed by atoms with Crippen molar-refractivity contribution in [1.29, 1.82) is 0 Å². The van der Waals surface area contributed by atoms with E-state index in [1.54, 1.807) is 0 Å². The minimum Gasteiger partial charge on any atom is -0.459 e. The molecule has 13 aliphatic carbocycles. The maximum absolute atomic E-state index is 12.6. The topological polar surface area (TPSA) is 152 Å². The van der Waals surface area contributed by atoms with Crippen LogP contribution in [-0.2, 0) is 47.7 Å². The van der Waals surface area contributed by atoms with E-state index in [0.717, 1.165) is 118 Å². The zero-order chi connectivity index (χ0) is 56.1. The second-order valence-corrected chi connectivity index (χ2v) is 31.3. The Labute approximate surface area is 465 Å². The van der Waals surface area contributed by atoms with E-state index in [9.17, 15) is 29.1 Å². The Bertz CT molecular complexity index is 2160. The fourth-order valence-corrected chi connectivity index (χ4v) is 18.5. The van der Waals surface area contributed by atoms with Crippen LogP contribution in [0.5, 0.6) is 0 Å². The Morgan fingerprint density at radius 2 is 1.03 bits per heavy atom. The fraction of sp³-hybridized carbons (Fsp3) is 0.924. The van der Waals surface area contributed by atoms with E-state index in [1.165, 1.54) is 64.2 Å². The van der Waals surface area contributed by atoms with E-state index in [1.807, 2.05) is 69.2 Å². The van der Waals surface area contributed by atoms with Crippen molar-refractivity contribution in [1.82, 2.24) is 0 Å². The molecule has 1 aliphatic heterocycles. The molecular formula is C66H106O11. The number of carbonyl (C=O) groups excluding carboxylic acids is 5. The summed E-state index contributed by atoms with van der Waals surface area (Å²) < 4.78 is 29.0. The van der Waals surface area contributed by atoms with Crippen LogP contribution in [0.15, 0.2) is 0 Å². The van der Waals surface area contributed by atoms with Crippen molar-refractivity contribution in [2.75, 3.05) is 0 Å². The Morgan fingerprint density at radius 1 is 0.545 bits per heavy atom. The lowest BCUT2D eigenvalue weighted by Gasteiger charge is -2.59. The first-order valence-electron chi connectivity index (χ1n) is 31.8. The van der Waals surface area contributed by atoms with E-state index >= 15 is 0 Å². The molecule has 1 saturated heterocycles. The van der Waals surface area contributed by atoms with E-state index in [4.69, 9.17) is 23.7 Å². The molecule has 14 aliphatic rings. The highest BCUT2D eigenvalue weighted by molar-refractivity contribution is 5.83. The Morgan fingerprint density at radius 3 is 1.56 bits per heavy atom. The minimum absolute atomic E-state index is 0.0185. The summed E-state index contributed by atoms with van der Waals surface area (Å²) >= 11 is 0. The molecule has 11 nitrogen and oxygen atoms in total. The van der Waals surface area contributed by atoms with Crippen molar-refractivity contribution in [3.63, 3.8) is 0 Å². The SMILES string of the molecule is CCC(C)(C)C(=O)OC1(C)C2CC3CC(C2)CC1C3.CCC(C)(C)C(=O)OC1(C)CC2CC1C1C3CCC(C3)C21.CCC(C)(C)C(=O)OC12CC3CC(CC(O)(C3)C1)C2.CCC(C)(C)C(=O)OC1C(=O)OC2CCCCC21. The molecule has 1 N–H and O–H groups in total. The van der Waals surface area contributed by atoms with Crippen molar-refractivity contribution in [2.45, 2.75) is 286 Å². The summed E-state index contributed by atoms with van der Waals surface area (Å²) in [5.74, 6) is 8.94. The number of ether oxygens (including phenoxy) is 5. The summed E-state index contributed by atoms with van der Waals surface area (Å²) in [5.41, 5.74) is -2.87. The number of esters is 5. The van der Waals surface area contributed by atoms with Gasteiger partial charge in [0.2, 0.25) is 6.10 Å². The molecule has 0 amide bonds. The number of hydrogen-bond acceptors (Lipinski definition) is 11. The van der Waals surface area contributed by atoms with Gasteiger partial charge in [0.15, 0.2) is 0 Å². The van der Waals surface area contributed by atoms with Crippen LogP contribution >= 0.6 is 0 Å². The molecular weight excluding hydrogens is 969 g/mol. The fourth-order valence-electron chi connectivity index (χ4n) is 18.5. The quantitative estimate of drug-likeness (QED) is 0.113. The Kier molecular flexibility index (Phi) is 16.3. The lowest BCUT2D eigenvalue weighted by Crippen LogP contribution is -2.61. The zero-order valence-electron chi connectivity index (χ0n) is 50.7. The molecule has 0 aromatic carbocycles. The first-order chi connectivity index (χ1) is 35.9. The lowest BCUT2D eigenvalue weighted by molar-refractivity contribution is -0.225. The average molecular weight is 1080 g/mol. The van der Waals surface area contributed by atoms with Crippen molar-refractivity contribution < 1.29 is 52.8 Å². The molecule has 14 fully saturated rings. The van der Waals surface area contributed by atoms with E-state index in [0.29, 0.717) is 42.4 Å². The molecule has 13 saturated carbocycles. The number of hydrogen-bond donors (Lipinski definition) is 1. The highest BCUT2D eigenvalue weighted by Crippen LogP contribution is 2.70. The molecule has 11 heteroatoms. The van der Waals surface area contributed by atoms with Gasteiger partial charge >= 0.3 is 29.8 Å². The molecule has 0 aromatic rings. The van der Waals surface area contributed by atoms with Gasteiger partial charge in [-0.25, -0.2) is 4.79 Å². The van der Waals surface area contributed by atoms with Crippen LogP contribution in [0.25, 0.3) is 0 Å². The molecule has 1 heterocycles. The summed E-state index contributed by atoms with van der Waals surface area (Å²) in [6.45, 7) is 28.2. The van der Waals surface area contributed by atoms with Crippen molar-refractivity contribution in [2.24, 2.45) is 98.6 Å². The molecule has 12 atom stereocenters. The highest BCUT2D eigenvalue weighted by Gasteiger charge is 2.67. The normalized spacial score (nSPS) is 43.1. The molecule has 0 aromatic heterocycles. The summed E-state index contributed by atoms with van der Waals surface area (Å²) in [7, 11) is 0. The molecule has 436 valence electrons. The second-order valence-electron chi connectivity index (χ2n) is 31.3. The Hall–Kier alpha value is -2.69. The van der Waals surface area contributed by atoms with Gasteiger partial charge in [-0.2, -0.15) is 0 Å². The van der Waals surface area contributed by atoms with Crippen LogP contribution in [0.1, 0.15) is 251 Å². The van der Waals surface area contributed by atoms with Crippen LogP contribution in [0.3, 0.4) is 0 Å². The van der Waals surface area contributed by atoms with Crippen molar-refractivity contribution in [3.05, 3.63) is 0 Å². The number of carbonyl (C=O) groups is 5. The predicted molar refractivity (Wildman–Crippen MR) is 297 cm³/mol. The first kappa shape index (κ1) is 58.9. The van der Waals surface area contributed by atoms with Gasteiger partial charge in [-0.05, 0) is 276 Å². The van der Waals surface area contributed by atoms with Gasteiger partial charge in [0.1, 0.15) is 22.9 Å². The molecule has 0 radical (unpaired) electrons. The van der Waals surface area contributed by atoms with Crippen LogP contribution in [0.4, 0.5) is 0 Å². The van der Waals surface area contributed by atoms with E-state index < -0.39 is 22.5 Å². The van der Waals surface area contributed by atoms with Gasteiger partial charge in [-0.3, -0.25) is 19.2 Å². The van der Waals surface area contributed by atoms with Gasteiger partial charge in [-0.15, -0.1) is 0 Å². The van der Waals surface area contributed by atoms with Gasteiger partial charge < -0.3 is 28.8 Å². The summed E-state index contributed by atoms with van der Waals surface area (Å²) in [5, 5.41) is 10.6. The standard InChI is InChI=1S/C19H30O2.C17H28O2.C16H26O3.C14H22O4/c1-5-18(2,3)17(20)21-19(4)10-13-9-14(19)16-12-7-6-11(8-12)15(13)16;1-5-16(2,3)15(18)19-17(4)13-7-11-6-12(9-13)10-14(17)8-11;1-4-14(2,3)13(17)19-16-8-11-5-12(9-16)7-15(18,6-11)10-16;1-4-14(2,3)13(16)18-11-9-7-5-6-8-10(9)17-12(11)15/h11-16H,5-10H2,1-4H3;11-14H,5-10H2,1-4H3;11-12,18H,4-10H2,1-3H3;9-11H,4-8H2,1-3H3. The maximum Gasteiger partial charge on any atom is 0.348 e. The largest absolute Gasteiger partial charge is 0.459 e. The highest BCUT2D eigenvalue weighted by atomic mass is 16.6. The first-order valence-corrected chi connectivity index (χ1v) is 31.8. The van der Waals surface area contributed by atoms with Gasteiger partial charge in [0.05, 0.1) is 27.3 Å². The number of fused-ring (bicyclic) bond motifs is 10. The smallest absolute Gasteiger partial charge is 0.348 e. The zero-order valence-corrected chi connectivity index (χ0v) is 50.7. The van der Waals surface area contributed by atoms with Gasteiger partial charge in [0.25, 0.3) is 0 Å². The second kappa shape index (κ2) is 21.2. The summed E-state index contributed by atoms with van der Waals surface area (Å²) in [6, 6.07) is 0. The molecule has 12 unspecified atom stereocenters. The van der Waals surface area contributed by atoms with Crippen LogP contribution in [0.2, 0.25) is 0 Å². The van der Waals surface area contributed by atoms with E-state index in [2.05, 4.69) is 27.7 Å². The van der Waals surface area contributed by atoms with Crippen molar-refractivity contribution >= 4 is 29.8 Å². The Balaban J connectivity index is 0.000000125. The van der Waals surface area contributed by atoms with E-state index in [-0.39, 0.29) is 69.5 Å². The minimum atomic E-state index is -0.673. The average Bonchev–Trinajstić information content (AvgIpc) is 4.20. The maximum atomic E-state index is 12.6. The van der Waals surface area contributed by atoms with Crippen LogP contribution < -0.4 is 0 Å². The molecule has 12 bridgehead atoms. The van der Waals surface area contributed by atoms with Gasteiger partial charge in [-0.1, -0.05) is 34.1 Å². The van der Waals surface area contributed by atoms with Crippen LogP contribution in [0, 0.1) is 98.6 Å². The predicted octanol–water partition coefficient (Wildman–Crippen LogP) is 14.1. The molecule has 0 spiro atoms. The lowest BCUT2D eigenvalue weighted by atomic mass is 9.50. The third kappa shape index (κ3) is 11.3. The summed E-state index contributed by atoms with van der Waals surface area (Å²) in [4.78, 5) is 61.2. The molecule has 14 rings (SSSR count). The monoisotopic (exact) mass is 1070 g/mol. The van der Waals surface area contributed by atoms with Crippen molar-refractivity contribution in [3.8, 4) is 0 Å². The van der Waals surface area contributed by atoms with Crippen LogP contribution in [-0.4, -0.2) is 69.6 Å². The molecule has 77 heavy (non-hydrogen) atoms. The third-order valence-corrected chi connectivity index (χ3v) is 24.4. The van der Waals surface area contributed by atoms with Gasteiger partial charge in [0, 0.05) is 18.3 Å². The summed E-state index contributed by atoms with van der Waals surface area (Å²) in [6.07, 6.45) is 25.6. The number of rotatable bonds is 12. The number of aliphatic hydroxyl groups is 1. The third-order valence-electron chi connectivity index (χ3n) is 24.4.